The Labute approximate surface area is 291 Å². The molecule has 10 aromatic rings. The summed E-state index contributed by atoms with van der Waals surface area (Å²) in [6, 6.07) is 54.1. The minimum Gasteiger partial charge on any atom is -0.456 e. The van der Waals surface area contributed by atoms with Crippen molar-refractivity contribution in [2.75, 3.05) is 0 Å². The van der Waals surface area contributed by atoms with Gasteiger partial charge in [-0.25, -0.2) is 19.9 Å². The molecule has 0 fully saturated rings. The summed E-state index contributed by atoms with van der Waals surface area (Å²) in [5.41, 5.74) is 8.82. The summed E-state index contributed by atoms with van der Waals surface area (Å²) in [6.07, 6.45) is 0. The van der Waals surface area contributed by atoms with E-state index in [9.17, 15) is 0 Å². The maximum absolute atomic E-state index is 6.43. The zero-order valence-corrected chi connectivity index (χ0v) is 27.4. The van der Waals surface area contributed by atoms with Crippen LogP contribution in [0, 0.1) is 0 Å². The van der Waals surface area contributed by atoms with Gasteiger partial charge in [-0.05, 0) is 52.9 Å². The molecule has 6 heteroatoms. The van der Waals surface area contributed by atoms with Gasteiger partial charge in [0.1, 0.15) is 16.2 Å². The minimum absolute atomic E-state index is 0.599. The topological polar surface area (TPSA) is 64.7 Å². The Bertz CT molecular complexity index is 2810. The second kappa shape index (κ2) is 11.6. The largest absolute Gasteiger partial charge is 0.456 e. The third-order valence-corrected chi connectivity index (χ3v) is 10.3. The fraction of sp³-hybridized carbons (Fsp3) is 0. The molecule has 0 unspecified atom stereocenters. The first-order chi connectivity index (χ1) is 24.7. The molecule has 7 aromatic carbocycles. The van der Waals surface area contributed by atoms with Crippen LogP contribution in [0.4, 0.5) is 0 Å². The quantitative estimate of drug-likeness (QED) is 0.184. The first-order valence-electron chi connectivity index (χ1n) is 16.5. The van der Waals surface area contributed by atoms with Crippen molar-refractivity contribution in [1.29, 1.82) is 0 Å². The average Bonchev–Trinajstić information content (AvgIpc) is 3.80. The maximum atomic E-state index is 6.43. The molecule has 0 aliphatic rings. The van der Waals surface area contributed by atoms with Gasteiger partial charge in [0, 0.05) is 38.4 Å². The fourth-order valence-electron chi connectivity index (χ4n) is 6.62. The van der Waals surface area contributed by atoms with Crippen molar-refractivity contribution < 1.29 is 4.42 Å². The summed E-state index contributed by atoms with van der Waals surface area (Å²) >= 11 is 1.75. The van der Waals surface area contributed by atoms with Gasteiger partial charge >= 0.3 is 0 Å². The smallest absolute Gasteiger partial charge is 0.164 e. The lowest BCUT2D eigenvalue weighted by molar-refractivity contribution is 0.669. The molecule has 0 saturated carbocycles. The summed E-state index contributed by atoms with van der Waals surface area (Å²) in [5.74, 6) is 1.86. The van der Waals surface area contributed by atoms with Crippen molar-refractivity contribution in [2.24, 2.45) is 0 Å². The van der Waals surface area contributed by atoms with Gasteiger partial charge in [0.25, 0.3) is 0 Å². The highest BCUT2D eigenvalue weighted by atomic mass is 32.1. The molecule has 0 N–H and O–H groups in total. The Morgan fingerprint density at radius 3 is 1.62 bits per heavy atom. The number of hydrogen-bond acceptors (Lipinski definition) is 6. The predicted molar refractivity (Wildman–Crippen MR) is 205 cm³/mol. The number of aromatic nitrogens is 4. The number of nitrogens with zero attached hydrogens (tertiary/aromatic N) is 4. The lowest BCUT2D eigenvalue weighted by Gasteiger charge is -2.08. The van der Waals surface area contributed by atoms with Crippen molar-refractivity contribution in [1.82, 2.24) is 19.9 Å². The van der Waals surface area contributed by atoms with Gasteiger partial charge in [0.15, 0.2) is 17.5 Å². The Kier molecular flexibility index (Phi) is 6.60. The van der Waals surface area contributed by atoms with Crippen molar-refractivity contribution in [3.63, 3.8) is 0 Å². The number of fused-ring (bicyclic) bond motifs is 6. The molecule has 0 spiro atoms. The predicted octanol–water partition coefficient (Wildman–Crippen LogP) is 11.9. The molecule has 5 nitrogen and oxygen atoms in total. The van der Waals surface area contributed by atoms with E-state index >= 15 is 0 Å². The molecule has 0 saturated heterocycles. The fourth-order valence-corrected chi connectivity index (χ4v) is 7.72. The first-order valence-corrected chi connectivity index (χ1v) is 17.3. The second-order valence-corrected chi connectivity index (χ2v) is 13.3. The zero-order chi connectivity index (χ0) is 33.0. The van der Waals surface area contributed by atoms with Crippen molar-refractivity contribution in [2.45, 2.75) is 0 Å². The van der Waals surface area contributed by atoms with Gasteiger partial charge in [-0.15, -0.1) is 11.3 Å². The molecule has 3 aromatic heterocycles. The summed E-state index contributed by atoms with van der Waals surface area (Å²) < 4.78 is 7.63. The van der Waals surface area contributed by atoms with Gasteiger partial charge in [0.05, 0.1) is 10.2 Å². The van der Waals surface area contributed by atoms with E-state index < -0.39 is 0 Å². The normalized spacial score (nSPS) is 11.6. The molecule has 234 valence electrons. The Morgan fingerprint density at radius 1 is 0.380 bits per heavy atom. The molecule has 50 heavy (non-hydrogen) atoms. The number of rotatable bonds is 5. The number of benzene rings is 7. The molecule has 0 aliphatic carbocycles. The maximum Gasteiger partial charge on any atom is 0.164 e. The monoisotopic (exact) mass is 658 g/mol. The molecule has 0 amide bonds. The Balaban J connectivity index is 1.06. The lowest BCUT2D eigenvalue weighted by Crippen LogP contribution is -2.00. The first kappa shape index (κ1) is 28.5. The average molecular weight is 659 g/mol. The molecule has 0 atom stereocenters. The van der Waals surface area contributed by atoms with Crippen LogP contribution in [-0.4, -0.2) is 19.9 Å². The van der Waals surface area contributed by atoms with Gasteiger partial charge in [-0.3, -0.25) is 0 Å². The third-order valence-electron chi connectivity index (χ3n) is 9.15. The van der Waals surface area contributed by atoms with E-state index in [4.69, 9.17) is 24.4 Å². The van der Waals surface area contributed by atoms with Crippen molar-refractivity contribution >= 4 is 54.3 Å². The van der Waals surface area contributed by atoms with Crippen LogP contribution in [0.2, 0.25) is 0 Å². The van der Waals surface area contributed by atoms with Crippen LogP contribution in [0.15, 0.2) is 162 Å². The molecule has 3 heterocycles. The van der Waals surface area contributed by atoms with Crippen LogP contribution >= 0.6 is 11.3 Å². The van der Waals surface area contributed by atoms with Crippen molar-refractivity contribution in [3.8, 4) is 55.9 Å². The van der Waals surface area contributed by atoms with Crippen LogP contribution in [-0.2, 0) is 0 Å². The Morgan fingerprint density at radius 2 is 0.940 bits per heavy atom. The highest BCUT2D eigenvalue weighted by Crippen LogP contribution is 2.39. The van der Waals surface area contributed by atoms with E-state index in [-0.39, 0.29) is 0 Å². The van der Waals surface area contributed by atoms with E-state index in [2.05, 4.69) is 84.9 Å². The van der Waals surface area contributed by atoms with E-state index in [1.165, 1.54) is 15.5 Å². The standard InChI is InChI=1S/C44H26N4OS/c1-4-10-28(11-5-1)41-46-42(29-12-6-2-7-13-29)48-43(47-41)33-18-21-34-36-25-32(20-23-38(36)49-39(34)26-33)31-17-16-27-19-22-37-40(35(27)24-31)50-44(45-37)30-14-8-3-9-15-30/h1-26H. The van der Waals surface area contributed by atoms with Gasteiger partial charge < -0.3 is 4.42 Å². The minimum atomic E-state index is 0.599. The zero-order valence-electron chi connectivity index (χ0n) is 26.6. The van der Waals surface area contributed by atoms with Crippen molar-refractivity contribution in [3.05, 3.63) is 158 Å². The second-order valence-electron chi connectivity index (χ2n) is 12.3. The molecule has 0 aliphatic heterocycles. The van der Waals surface area contributed by atoms with E-state index in [0.29, 0.717) is 17.5 Å². The van der Waals surface area contributed by atoms with Crippen LogP contribution in [0.1, 0.15) is 0 Å². The summed E-state index contributed by atoms with van der Waals surface area (Å²) in [4.78, 5) is 19.6. The SMILES string of the molecule is c1ccc(-c2nc(-c3ccccc3)nc(-c3ccc4c(c3)oc3ccc(-c5ccc6ccc7nc(-c8ccccc8)sc7c6c5)cc34)n2)cc1. The Hall–Kier alpha value is -6.50. The van der Waals surface area contributed by atoms with Crippen LogP contribution < -0.4 is 0 Å². The third kappa shape index (κ3) is 4.93. The van der Waals surface area contributed by atoms with Crippen LogP contribution in [0.5, 0.6) is 0 Å². The molecular formula is C44H26N4OS. The summed E-state index contributed by atoms with van der Waals surface area (Å²) in [7, 11) is 0. The summed E-state index contributed by atoms with van der Waals surface area (Å²) in [6.45, 7) is 0. The number of hydrogen-bond donors (Lipinski definition) is 0. The molecule has 0 bridgehead atoms. The van der Waals surface area contributed by atoms with E-state index in [1.54, 1.807) is 11.3 Å². The van der Waals surface area contributed by atoms with Gasteiger partial charge in [0.2, 0.25) is 0 Å². The van der Waals surface area contributed by atoms with E-state index in [1.807, 2.05) is 72.8 Å². The lowest BCUT2D eigenvalue weighted by atomic mass is 9.99. The van der Waals surface area contributed by atoms with Gasteiger partial charge in [-0.2, -0.15) is 0 Å². The summed E-state index contributed by atoms with van der Waals surface area (Å²) in [5, 5.41) is 5.56. The molecule has 0 radical (unpaired) electrons. The van der Waals surface area contributed by atoms with Crippen LogP contribution in [0.3, 0.4) is 0 Å². The van der Waals surface area contributed by atoms with E-state index in [0.717, 1.165) is 65.8 Å². The molecular weight excluding hydrogens is 633 g/mol. The number of furan rings is 1. The highest BCUT2D eigenvalue weighted by molar-refractivity contribution is 7.22. The van der Waals surface area contributed by atoms with Crippen LogP contribution in [0.25, 0.3) is 98.8 Å². The highest BCUT2D eigenvalue weighted by Gasteiger charge is 2.16. The number of thiazole rings is 1. The van der Waals surface area contributed by atoms with Gasteiger partial charge in [-0.1, -0.05) is 121 Å². The molecule has 10 rings (SSSR count).